The second kappa shape index (κ2) is 6.82. The van der Waals surface area contributed by atoms with Gasteiger partial charge in [0.1, 0.15) is 11.5 Å². The SMILES string of the molecule is Cc1cc(C(=O)N2CCN(C(=O)Cc3ccc(F)cc3)CC2)n[nH]1. The average molecular weight is 330 g/mol. The molecule has 7 heteroatoms. The van der Waals surface area contributed by atoms with E-state index >= 15 is 0 Å². The summed E-state index contributed by atoms with van der Waals surface area (Å²) in [6.07, 6.45) is 0.243. The molecule has 2 amide bonds. The molecule has 0 radical (unpaired) electrons. The Morgan fingerprint density at radius 1 is 1.12 bits per heavy atom. The fourth-order valence-corrected chi connectivity index (χ4v) is 2.74. The third kappa shape index (κ3) is 3.61. The number of nitrogens with one attached hydrogen (secondary N) is 1. The van der Waals surface area contributed by atoms with Gasteiger partial charge in [-0.05, 0) is 30.7 Å². The molecule has 1 saturated heterocycles. The third-order valence-corrected chi connectivity index (χ3v) is 4.11. The number of halogens is 1. The number of nitrogens with zero attached hydrogens (tertiary/aromatic N) is 3. The number of aryl methyl sites for hydroxylation is 1. The molecule has 0 aliphatic carbocycles. The molecule has 2 heterocycles. The minimum absolute atomic E-state index is 0.00989. The van der Waals surface area contributed by atoms with Gasteiger partial charge in [0, 0.05) is 31.9 Å². The van der Waals surface area contributed by atoms with E-state index in [1.54, 1.807) is 28.0 Å². The van der Waals surface area contributed by atoms with E-state index in [-0.39, 0.29) is 24.1 Å². The van der Waals surface area contributed by atoms with Crippen LogP contribution in [0.3, 0.4) is 0 Å². The topological polar surface area (TPSA) is 69.3 Å². The van der Waals surface area contributed by atoms with Crippen molar-refractivity contribution in [2.45, 2.75) is 13.3 Å². The Kier molecular flexibility index (Phi) is 4.59. The van der Waals surface area contributed by atoms with Crippen LogP contribution in [0.25, 0.3) is 0 Å². The van der Waals surface area contributed by atoms with Crippen molar-refractivity contribution in [1.29, 1.82) is 0 Å². The maximum Gasteiger partial charge on any atom is 0.274 e. The molecule has 0 spiro atoms. The molecule has 2 aromatic rings. The van der Waals surface area contributed by atoms with Gasteiger partial charge in [-0.1, -0.05) is 12.1 Å². The highest BCUT2D eigenvalue weighted by molar-refractivity contribution is 5.92. The monoisotopic (exact) mass is 330 g/mol. The van der Waals surface area contributed by atoms with E-state index in [4.69, 9.17) is 0 Å². The molecule has 1 aliphatic rings. The van der Waals surface area contributed by atoms with E-state index < -0.39 is 0 Å². The van der Waals surface area contributed by atoms with Gasteiger partial charge in [0.25, 0.3) is 5.91 Å². The number of benzene rings is 1. The summed E-state index contributed by atoms with van der Waals surface area (Å²) < 4.78 is 12.9. The van der Waals surface area contributed by atoms with E-state index in [9.17, 15) is 14.0 Å². The lowest BCUT2D eigenvalue weighted by molar-refractivity contribution is -0.131. The summed E-state index contributed by atoms with van der Waals surface area (Å²) in [7, 11) is 0. The number of piperazine rings is 1. The van der Waals surface area contributed by atoms with Gasteiger partial charge in [-0.3, -0.25) is 14.7 Å². The number of amides is 2. The molecule has 1 fully saturated rings. The Morgan fingerprint density at radius 2 is 1.75 bits per heavy atom. The number of carbonyl (C=O) groups is 2. The number of rotatable bonds is 3. The van der Waals surface area contributed by atoms with Crippen molar-refractivity contribution in [2.24, 2.45) is 0 Å². The number of aromatic nitrogens is 2. The van der Waals surface area contributed by atoms with Crippen LogP contribution in [-0.2, 0) is 11.2 Å². The van der Waals surface area contributed by atoms with E-state index in [1.807, 2.05) is 6.92 Å². The lowest BCUT2D eigenvalue weighted by Gasteiger charge is -2.34. The minimum Gasteiger partial charge on any atom is -0.339 e. The van der Waals surface area contributed by atoms with Crippen molar-refractivity contribution in [3.63, 3.8) is 0 Å². The summed E-state index contributed by atoms with van der Waals surface area (Å²) in [4.78, 5) is 28.1. The lowest BCUT2D eigenvalue weighted by Crippen LogP contribution is -2.51. The Morgan fingerprint density at radius 3 is 2.33 bits per heavy atom. The van der Waals surface area contributed by atoms with Crippen molar-refractivity contribution in [1.82, 2.24) is 20.0 Å². The summed E-state index contributed by atoms with van der Waals surface area (Å²) in [6.45, 7) is 3.81. The number of hydrogen-bond donors (Lipinski definition) is 1. The largest absolute Gasteiger partial charge is 0.339 e. The van der Waals surface area contributed by atoms with Gasteiger partial charge in [0.05, 0.1) is 6.42 Å². The first-order valence-electron chi connectivity index (χ1n) is 7.86. The van der Waals surface area contributed by atoms with Crippen LogP contribution in [0.4, 0.5) is 4.39 Å². The molecule has 1 aromatic heterocycles. The van der Waals surface area contributed by atoms with Crippen LogP contribution in [-0.4, -0.2) is 58.0 Å². The average Bonchev–Trinajstić information content (AvgIpc) is 3.03. The van der Waals surface area contributed by atoms with Gasteiger partial charge in [-0.25, -0.2) is 4.39 Å². The second-order valence-electron chi connectivity index (χ2n) is 5.91. The normalized spacial score (nSPS) is 14.8. The van der Waals surface area contributed by atoms with E-state index in [0.29, 0.717) is 31.9 Å². The Hall–Kier alpha value is -2.70. The maximum absolute atomic E-state index is 12.9. The molecule has 24 heavy (non-hydrogen) atoms. The summed E-state index contributed by atoms with van der Waals surface area (Å²) in [5, 5.41) is 6.74. The molecular weight excluding hydrogens is 311 g/mol. The van der Waals surface area contributed by atoms with Crippen molar-refractivity contribution >= 4 is 11.8 Å². The molecule has 1 aliphatic heterocycles. The number of hydrogen-bond acceptors (Lipinski definition) is 3. The van der Waals surface area contributed by atoms with Gasteiger partial charge in [-0.15, -0.1) is 0 Å². The van der Waals surface area contributed by atoms with Crippen LogP contribution in [0, 0.1) is 12.7 Å². The predicted octanol–water partition coefficient (Wildman–Crippen LogP) is 1.38. The summed E-state index contributed by atoms with van der Waals surface area (Å²) in [5.41, 5.74) is 2.02. The molecule has 0 atom stereocenters. The van der Waals surface area contributed by atoms with Crippen LogP contribution >= 0.6 is 0 Å². The van der Waals surface area contributed by atoms with Crippen molar-refractivity contribution < 1.29 is 14.0 Å². The van der Waals surface area contributed by atoms with Gasteiger partial charge in [0.15, 0.2) is 0 Å². The van der Waals surface area contributed by atoms with Crippen molar-refractivity contribution in [3.8, 4) is 0 Å². The van der Waals surface area contributed by atoms with Crippen LogP contribution in [0.1, 0.15) is 21.7 Å². The highest BCUT2D eigenvalue weighted by atomic mass is 19.1. The van der Waals surface area contributed by atoms with Gasteiger partial charge in [-0.2, -0.15) is 5.10 Å². The first-order chi connectivity index (χ1) is 11.5. The first kappa shape index (κ1) is 16.2. The highest BCUT2D eigenvalue weighted by Gasteiger charge is 2.25. The molecule has 1 aromatic carbocycles. The van der Waals surface area contributed by atoms with Crippen molar-refractivity contribution in [3.05, 3.63) is 53.1 Å². The van der Waals surface area contributed by atoms with Gasteiger partial charge >= 0.3 is 0 Å². The smallest absolute Gasteiger partial charge is 0.274 e. The highest BCUT2D eigenvalue weighted by Crippen LogP contribution is 2.11. The zero-order valence-electron chi connectivity index (χ0n) is 13.5. The second-order valence-corrected chi connectivity index (χ2v) is 5.91. The van der Waals surface area contributed by atoms with E-state index in [2.05, 4.69) is 10.2 Å². The number of carbonyl (C=O) groups excluding carboxylic acids is 2. The van der Waals surface area contributed by atoms with Crippen LogP contribution in [0.15, 0.2) is 30.3 Å². The van der Waals surface area contributed by atoms with Gasteiger partial charge < -0.3 is 9.80 Å². The summed E-state index contributed by atoms with van der Waals surface area (Å²) >= 11 is 0. The first-order valence-corrected chi connectivity index (χ1v) is 7.86. The molecular formula is C17H19FN4O2. The zero-order valence-corrected chi connectivity index (χ0v) is 13.5. The van der Waals surface area contributed by atoms with Crippen molar-refractivity contribution in [2.75, 3.05) is 26.2 Å². The molecule has 0 unspecified atom stereocenters. The molecule has 126 valence electrons. The summed E-state index contributed by atoms with van der Waals surface area (Å²) in [5.74, 6) is -0.443. The van der Waals surface area contributed by atoms with E-state index in [0.717, 1.165) is 11.3 Å². The fourth-order valence-electron chi connectivity index (χ4n) is 2.74. The Bertz CT molecular complexity index is 733. The Labute approximate surface area is 139 Å². The fraction of sp³-hybridized carbons (Fsp3) is 0.353. The Balaban J connectivity index is 1.53. The minimum atomic E-state index is -0.313. The van der Waals surface area contributed by atoms with Crippen LogP contribution in [0.5, 0.6) is 0 Å². The van der Waals surface area contributed by atoms with Crippen LogP contribution < -0.4 is 0 Å². The van der Waals surface area contributed by atoms with Gasteiger partial charge in [0.2, 0.25) is 5.91 Å². The lowest BCUT2D eigenvalue weighted by atomic mass is 10.1. The quantitative estimate of drug-likeness (QED) is 0.924. The third-order valence-electron chi connectivity index (χ3n) is 4.11. The van der Waals surface area contributed by atoms with Crippen LogP contribution in [0.2, 0.25) is 0 Å². The molecule has 0 saturated carbocycles. The maximum atomic E-state index is 12.9. The number of aromatic amines is 1. The zero-order chi connectivity index (χ0) is 17.1. The molecule has 6 nitrogen and oxygen atoms in total. The molecule has 3 rings (SSSR count). The molecule has 0 bridgehead atoms. The number of H-pyrrole nitrogens is 1. The standard InChI is InChI=1S/C17H19FN4O2/c1-12-10-15(20-19-12)17(24)22-8-6-21(7-9-22)16(23)11-13-2-4-14(18)5-3-13/h2-5,10H,6-9,11H2,1H3,(H,19,20). The summed E-state index contributed by atoms with van der Waals surface area (Å²) in [6, 6.07) is 7.66. The predicted molar refractivity (Wildman–Crippen MR) is 85.9 cm³/mol. The molecule has 1 N–H and O–H groups in total. The van der Waals surface area contributed by atoms with E-state index in [1.165, 1.54) is 12.1 Å².